The highest BCUT2D eigenvalue weighted by molar-refractivity contribution is 5.76. The molecule has 0 bridgehead atoms. The maximum atomic E-state index is 11.6. The van der Waals surface area contributed by atoms with Gasteiger partial charge in [-0.05, 0) is 31.4 Å². The van der Waals surface area contributed by atoms with Gasteiger partial charge in [-0.1, -0.05) is 24.3 Å². The van der Waals surface area contributed by atoms with E-state index in [0.29, 0.717) is 13.2 Å². The Morgan fingerprint density at radius 3 is 2.95 bits per heavy atom. The molecule has 0 saturated carbocycles. The standard InChI is InChI=1S/C15H21NO3/c1-3-19-10-11(2)16-9-8-12-6-4-5-7-13(12)14(16)15(17)18/h4-7,11,14H,3,8-10H2,1-2H3,(H,17,18). The van der Waals surface area contributed by atoms with E-state index in [0.717, 1.165) is 24.1 Å². The lowest BCUT2D eigenvalue weighted by molar-refractivity contribution is -0.145. The fourth-order valence-electron chi connectivity index (χ4n) is 2.72. The summed E-state index contributed by atoms with van der Waals surface area (Å²) >= 11 is 0. The van der Waals surface area contributed by atoms with E-state index in [2.05, 4.69) is 0 Å². The average molecular weight is 263 g/mol. The molecule has 1 heterocycles. The van der Waals surface area contributed by atoms with Crippen LogP contribution in [-0.2, 0) is 16.0 Å². The highest BCUT2D eigenvalue weighted by Crippen LogP contribution is 2.31. The van der Waals surface area contributed by atoms with E-state index >= 15 is 0 Å². The molecule has 0 spiro atoms. The Kier molecular flexibility index (Phi) is 4.56. The smallest absolute Gasteiger partial charge is 0.325 e. The Balaban J connectivity index is 2.24. The zero-order valence-electron chi connectivity index (χ0n) is 11.5. The number of hydrogen-bond acceptors (Lipinski definition) is 3. The van der Waals surface area contributed by atoms with Gasteiger partial charge in [0, 0.05) is 19.2 Å². The predicted octanol–water partition coefficient (Wildman–Crippen LogP) is 2.10. The van der Waals surface area contributed by atoms with Gasteiger partial charge >= 0.3 is 5.97 Å². The molecule has 0 aliphatic carbocycles. The van der Waals surface area contributed by atoms with Crippen LogP contribution in [0.4, 0.5) is 0 Å². The predicted molar refractivity (Wildman–Crippen MR) is 73.2 cm³/mol. The van der Waals surface area contributed by atoms with Crippen LogP contribution in [-0.4, -0.2) is 41.8 Å². The fraction of sp³-hybridized carbons (Fsp3) is 0.533. The van der Waals surface area contributed by atoms with Gasteiger partial charge in [0.1, 0.15) is 6.04 Å². The Hall–Kier alpha value is -1.39. The van der Waals surface area contributed by atoms with Gasteiger partial charge in [0.25, 0.3) is 0 Å². The summed E-state index contributed by atoms with van der Waals surface area (Å²) in [5.41, 5.74) is 2.07. The molecule has 104 valence electrons. The van der Waals surface area contributed by atoms with Crippen LogP contribution in [0.5, 0.6) is 0 Å². The van der Waals surface area contributed by atoms with Gasteiger partial charge in [-0.25, -0.2) is 0 Å². The summed E-state index contributed by atoms with van der Waals surface area (Å²) in [4.78, 5) is 13.7. The number of aliphatic carboxylic acids is 1. The van der Waals surface area contributed by atoms with Crippen molar-refractivity contribution in [1.29, 1.82) is 0 Å². The topological polar surface area (TPSA) is 49.8 Å². The van der Waals surface area contributed by atoms with Gasteiger partial charge < -0.3 is 9.84 Å². The number of hydrogen-bond donors (Lipinski definition) is 1. The molecular formula is C15H21NO3. The molecular weight excluding hydrogens is 242 g/mol. The Bertz CT molecular complexity index is 447. The lowest BCUT2D eigenvalue weighted by Gasteiger charge is -2.38. The lowest BCUT2D eigenvalue weighted by Crippen LogP contribution is -2.46. The van der Waals surface area contributed by atoms with Crippen LogP contribution in [0.15, 0.2) is 24.3 Å². The molecule has 2 unspecified atom stereocenters. The summed E-state index contributed by atoms with van der Waals surface area (Å²) in [6.07, 6.45) is 0.899. The molecule has 4 nitrogen and oxygen atoms in total. The van der Waals surface area contributed by atoms with Gasteiger partial charge in [-0.15, -0.1) is 0 Å². The van der Waals surface area contributed by atoms with Gasteiger partial charge in [0.05, 0.1) is 6.61 Å². The molecule has 4 heteroatoms. The number of fused-ring (bicyclic) bond motifs is 1. The molecule has 2 rings (SSSR count). The van der Waals surface area contributed by atoms with Crippen LogP contribution in [0.2, 0.25) is 0 Å². The number of carbonyl (C=O) groups is 1. The van der Waals surface area contributed by atoms with E-state index in [1.165, 1.54) is 0 Å². The second kappa shape index (κ2) is 6.17. The summed E-state index contributed by atoms with van der Waals surface area (Å²) in [5, 5.41) is 9.55. The zero-order valence-corrected chi connectivity index (χ0v) is 11.5. The van der Waals surface area contributed by atoms with Crippen LogP contribution in [0.25, 0.3) is 0 Å². The maximum absolute atomic E-state index is 11.6. The minimum atomic E-state index is -0.782. The fourth-order valence-corrected chi connectivity index (χ4v) is 2.72. The monoisotopic (exact) mass is 263 g/mol. The molecule has 2 atom stereocenters. The normalized spacial score (nSPS) is 20.8. The van der Waals surface area contributed by atoms with Crippen molar-refractivity contribution in [2.45, 2.75) is 32.4 Å². The molecule has 0 radical (unpaired) electrons. The van der Waals surface area contributed by atoms with Crippen LogP contribution >= 0.6 is 0 Å². The third-order valence-electron chi connectivity index (χ3n) is 3.68. The van der Waals surface area contributed by atoms with Crippen molar-refractivity contribution in [1.82, 2.24) is 4.90 Å². The maximum Gasteiger partial charge on any atom is 0.325 e. The summed E-state index contributed by atoms with van der Waals surface area (Å²) in [6.45, 7) is 5.98. The summed E-state index contributed by atoms with van der Waals surface area (Å²) in [5.74, 6) is -0.782. The molecule has 0 amide bonds. The Morgan fingerprint density at radius 1 is 1.53 bits per heavy atom. The molecule has 1 N–H and O–H groups in total. The lowest BCUT2D eigenvalue weighted by atomic mass is 9.91. The molecule has 1 aromatic rings. The quantitative estimate of drug-likeness (QED) is 0.884. The first-order valence-corrected chi connectivity index (χ1v) is 6.79. The summed E-state index contributed by atoms with van der Waals surface area (Å²) < 4.78 is 5.43. The zero-order chi connectivity index (χ0) is 13.8. The number of ether oxygens (including phenoxy) is 1. The largest absolute Gasteiger partial charge is 0.480 e. The van der Waals surface area contributed by atoms with E-state index < -0.39 is 12.0 Å². The molecule has 19 heavy (non-hydrogen) atoms. The third-order valence-corrected chi connectivity index (χ3v) is 3.68. The molecule has 1 aliphatic rings. The number of benzene rings is 1. The van der Waals surface area contributed by atoms with E-state index in [1.54, 1.807) is 0 Å². The van der Waals surface area contributed by atoms with Crippen molar-refractivity contribution in [3.05, 3.63) is 35.4 Å². The van der Waals surface area contributed by atoms with Gasteiger partial charge in [0.2, 0.25) is 0 Å². The molecule has 0 saturated heterocycles. The minimum Gasteiger partial charge on any atom is -0.480 e. The molecule has 0 fully saturated rings. The van der Waals surface area contributed by atoms with Gasteiger partial charge in [-0.2, -0.15) is 0 Å². The van der Waals surface area contributed by atoms with Crippen LogP contribution < -0.4 is 0 Å². The highest BCUT2D eigenvalue weighted by atomic mass is 16.5. The van der Waals surface area contributed by atoms with Gasteiger partial charge in [0.15, 0.2) is 0 Å². The second-order valence-corrected chi connectivity index (χ2v) is 4.94. The van der Waals surface area contributed by atoms with Crippen molar-refractivity contribution in [3.8, 4) is 0 Å². The third kappa shape index (κ3) is 2.96. The van der Waals surface area contributed by atoms with Crippen molar-refractivity contribution < 1.29 is 14.6 Å². The highest BCUT2D eigenvalue weighted by Gasteiger charge is 2.35. The summed E-state index contributed by atoms with van der Waals surface area (Å²) in [6, 6.07) is 7.38. The van der Waals surface area contributed by atoms with E-state index in [1.807, 2.05) is 43.0 Å². The number of nitrogens with zero attached hydrogens (tertiary/aromatic N) is 1. The van der Waals surface area contributed by atoms with E-state index in [9.17, 15) is 9.90 Å². The van der Waals surface area contributed by atoms with Crippen LogP contribution in [0, 0.1) is 0 Å². The van der Waals surface area contributed by atoms with Crippen molar-refractivity contribution in [3.63, 3.8) is 0 Å². The number of carboxylic acids is 1. The van der Waals surface area contributed by atoms with Crippen molar-refractivity contribution >= 4 is 5.97 Å². The van der Waals surface area contributed by atoms with Crippen LogP contribution in [0.1, 0.15) is 31.0 Å². The molecule has 0 aromatic heterocycles. The van der Waals surface area contributed by atoms with Crippen molar-refractivity contribution in [2.75, 3.05) is 19.8 Å². The first-order valence-electron chi connectivity index (χ1n) is 6.79. The SMILES string of the molecule is CCOCC(C)N1CCc2ccccc2C1C(=O)O. The first kappa shape index (κ1) is 14.0. The molecule has 1 aromatic carbocycles. The summed E-state index contributed by atoms with van der Waals surface area (Å²) in [7, 11) is 0. The van der Waals surface area contributed by atoms with Crippen molar-refractivity contribution in [2.24, 2.45) is 0 Å². The second-order valence-electron chi connectivity index (χ2n) is 4.94. The first-order chi connectivity index (χ1) is 9.15. The van der Waals surface area contributed by atoms with E-state index in [4.69, 9.17) is 4.74 Å². The van der Waals surface area contributed by atoms with Crippen LogP contribution in [0.3, 0.4) is 0 Å². The van der Waals surface area contributed by atoms with E-state index in [-0.39, 0.29) is 6.04 Å². The number of carboxylic acid groups (broad SMARTS) is 1. The average Bonchev–Trinajstić information content (AvgIpc) is 2.43. The number of rotatable bonds is 5. The Morgan fingerprint density at radius 2 is 2.26 bits per heavy atom. The van der Waals surface area contributed by atoms with Gasteiger partial charge in [-0.3, -0.25) is 9.69 Å². The Labute approximate surface area is 114 Å². The minimum absolute atomic E-state index is 0.106. The molecule has 1 aliphatic heterocycles.